The minimum Gasteiger partial charge on any atom is -0.342 e. The van der Waals surface area contributed by atoms with E-state index in [2.05, 4.69) is 4.90 Å². The van der Waals surface area contributed by atoms with Crippen LogP contribution in [0.4, 0.5) is 0 Å². The zero-order valence-corrected chi connectivity index (χ0v) is 12.1. The molecule has 3 nitrogen and oxygen atoms in total. The zero-order valence-electron chi connectivity index (χ0n) is 11.3. The van der Waals surface area contributed by atoms with E-state index in [1.54, 1.807) is 0 Å². The molecule has 4 heteroatoms. The van der Waals surface area contributed by atoms with Crippen LogP contribution in [0.1, 0.15) is 57.8 Å². The van der Waals surface area contributed by atoms with Crippen LogP contribution in [0.15, 0.2) is 0 Å². The van der Waals surface area contributed by atoms with Gasteiger partial charge < -0.3 is 10.6 Å². The molecule has 0 unspecified atom stereocenters. The van der Waals surface area contributed by atoms with Crippen LogP contribution in [0.2, 0.25) is 0 Å². The molecule has 2 N–H and O–H groups in total. The fraction of sp³-hybridized carbons (Fsp3) is 0.929. The maximum atomic E-state index is 12.1. The van der Waals surface area contributed by atoms with Gasteiger partial charge in [0.05, 0.1) is 0 Å². The van der Waals surface area contributed by atoms with Crippen molar-refractivity contribution in [2.45, 2.75) is 57.8 Å². The van der Waals surface area contributed by atoms with Gasteiger partial charge in [-0.25, -0.2) is 0 Å². The Morgan fingerprint density at radius 3 is 2.44 bits per heavy atom. The molecule has 0 radical (unpaired) electrons. The van der Waals surface area contributed by atoms with Crippen LogP contribution >= 0.6 is 12.4 Å². The maximum Gasteiger partial charge on any atom is 0.222 e. The highest BCUT2D eigenvalue weighted by Gasteiger charge is 2.37. The highest BCUT2D eigenvalue weighted by atomic mass is 35.5. The van der Waals surface area contributed by atoms with E-state index < -0.39 is 0 Å². The Hall–Kier alpha value is -0.280. The van der Waals surface area contributed by atoms with E-state index in [1.807, 2.05) is 0 Å². The number of likely N-dealkylation sites (tertiary alicyclic amines) is 1. The number of nitrogens with zero attached hydrogens (tertiary/aromatic N) is 1. The van der Waals surface area contributed by atoms with E-state index in [1.165, 1.54) is 44.9 Å². The molecule has 1 spiro atoms. The second kappa shape index (κ2) is 7.34. The van der Waals surface area contributed by atoms with Crippen LogP contribution in [-0.4, -0.2) is 30.4 Å². The molecule has 0 atom stereocenters. The van der Waals surface area contributed by atoms with Gasteiger partial charge in [0, 0.05) is 19.5 Å². The van der Waals surface area contributed by atoms with Crippen LogP contribution in [0, 0.1) is 5.41 Å². The number of hydrogen-bond donors (Lipinski definition) is 1. The van der Waals surface area contributed by atoms with Crippen molar-refractivity contribution in [3.8, 4) is 0 Å². The number of piperidine rings is 1. The first kappa shape index (κ1) is 15.8. The molecule has 18 heavy (non-hydrogen) atoms. The Morgan fingerprint density at radius 1 is 1.11 bits per heavy atom. The molecule has 0 aromatic carbocycles. The highest BCUT2D eigenvalue weighted by molar-refractivity contribution is 5.85. The third kappa shape index (κ3) is 3.86. The van der Waals surface area contributed by atoms with Gasteiger partial charge in [0.1, 0.15) is 0 Å². The predicted molar refractivity (Wildman–Crippen MR) is 76.9 cm³/mol. The highest BCUT2D eigenvalue weighted by Crippen LogP contribution is 2.43. The lowest BCUT2D eigenvalue weighted by atomic mass is 9.69. The Balaban J connectivity index is 0.00000162. The first-order valence-electron chi connectivity index (χ1n) is 7.24. The summed E-state index contributed by atoms with van der Waals surface area (Å²) >= 11 is 0. The summed E-state index contributed by atoms with van der Waals surface area (Å²) in [6.07, 6.45) is 10.8. The number of carbonyl (C=O) groups is 1. The summed E-state index contributed by atoms with van der Waals surface area (Å²) in [5.41, 5.74) is 5.95. The third-order valence-corrected chi connectivity index (χ3v) is 4.52. The van der Waals surface area contributed by atoms with Gasteiger partial charge >= 0.3 is 0 Å². The molecule has 1 saturated heterocycles. The van der Waals surface area contributed by atoms with Gasteiger partial charge in [0.2, 0.25) is 5.91 Å². The van der Waals surface area contributed by atoms with Crippen LogP contribution in [0.25, 0.3) is 0 Å². The fourth-order valence-electron chi connectivity index (χ4n) is 3.54. The standard InChI is InChI=1S/C14H26N2O.ClH/c15-10-4-6-13(17)16-11-5-9-14(12-16)7-2-1-3-8-14;/h1-12,15H2;1H. The molecule has 2 fully saturated rings. The van der Waals surface area contributed by atoms with Crippen molar-refractivity contribution in [2.24, 2.45) is 11.1 Å². The van der Waals surface area contributed by atoms with Gasteiger partial charge in [0.25, 0.3) is 0 Å². The van der Waals surface area contributed by atoms with E-state index in [-0.39, 0.29) is 12.4 Å². The maximum absolute atomic E-state index is 12.1. The number of hydrogen-bond acceptors (Lipinski definition) is 2. The average Bonchev–Trinajstić information content (AvgIpc) is 2.37. The summed E-state index contributed by atoms with van der Waals surface area (Å²) < 4.78 is 0. The van der Waals surface area contributed by atoms with Crippen molar-refractivity contribution in [1.82, 2.24) is 4.90 Å². The van der Waals surface area contributed by atoms with Crippen molar-refractivity contribution in [1.29, 1.82) is 0 Å². The SMILES string of the molecule is Cl.NCCCC(=O)N1CCCC2(CCCCC2)C1. The van der Waals surface area contributed by atoms with Crippen LogP contribution < -0.4 is 5.73 Å². The summed E-state index contributed by atoms with van der Waals surface area (Å²) in [5, 5.41) is 0. The molecule has 1 aliphatic heterocycles. The lowest BCUT2D eigenvalue weighted by Crippen LogP contribution is -2.46. The summed E-state index contributed by atoms with van der Waals surface area (Å²) in [6, 6.07) is 0. The number of amides is 1. The minimum atomic E-state index is 0. The molecule has 2 aliphatic rings. The van der Waals surface area contributed by atoms with Crippen molar-refractivity contribution in [3.05, 3.63) is 0 Å². The molecule has 1 saturated carbocycles. The van der Waals surface area contributed by atoms with Crippen molar-refractivity contribution in [2.75, 3.05) is 19.6 Å². The Morgan fingerprint density at radius 2 is 1.78 bits per heavy atom. The Labute approximate surface area is 117 Å². The first-order valence-corrected chi connectivity index (χ1v) is 7.24. The molecule has 1 aliphatic carbocycles. The normalized spacial score (nSPS) is 22.6. The number of halogens is 1. The van der Waals surface area contributed by atoms with Gasteiger partial charge in [-0.3, -0.25) is 4.79 Å². The predicted octanol–water partition coefficient (Wildman–Crippen LogP) is 2.72. The van der Waals surface area contributed by atoms with Crippen molar-refractivity contribution >= 4 is 18.3 Å². The second-order valence-electron chi connectivity index (χ2n) is 5.87. The van der Waals surface area contributed by atoms with E-state index in [9.17, 15) is 4.79 Å². The van der Waals surface area contributed by atoms with Crippen molar-refractivity contribution in [3.63, 3.8) is 0 Å². The van der Waals surface area contributed by atoms with E-state index >= 15 is 0 Å². The summed E-state index contributed by atoms with van der Waals surface area (Å²) in [4.78, 5) is 14.2. The van der Waals surface area contributed by atoms with Gasteiger partial charge in [-0.1, -0.05) is 19.3 Å². The van der Waals surface area contributed by atoms with Crippen LogP contribution in [0.3, 0.4) is 0 Å². The molecule has 1 amide bonds. The average molecular weight is 275 g/mol. The molecule has 2 rings (SSSR count). The molecular formula is C14H27ClN2O. The number of carbonyl (C=O) groups excluding carboxylic acids is 1. The fourth-order valence-corrected chi connectivity index (χ4v) is 3.54. The van der Waals surface area contributed by atoms with Crippen LogP contribution in [0.5, 0.6) is 0 Å². The van der Waals surface area contributed by atoms with Crippen LogP contribution in [-0.2, 0) is 4.79 Å². The summed E-state index contributed by atoms with van der Waals surface area (Å²) in [6.45, 7) is 2.63. The quantitative estimate of drug-likeness (QED) is 0.860. The topological polar surface area (TPSA) is 46.3 Å². The third-order valence-electron chi connectivity index (χ3n) is 4.52. The Bertz CT molecular complexity index is 259. The number of nitrogens with two attached hydrogens (primary N) is 1. The van der Waals surface area contributed by atoms with E-state index in [0.29, 0.717) is 24.3 Å². The zero-order chi connectivity index (χ0) is 12.1. The van der Waals surface area contributed by atoms with Gasteiger partial charge in [-0.05, 0) is 44.1 Å². The molecule has 1 heterocycles. The molecule has 0 aromatic rings. The number of rotatable bonds is 3. The summed E-state index contributed by atoms with van der Waals surface area (Å²) in [5.74, 6) is 0.333. The van der Waals surface area contributed by atoms with Gasteiger partial charge in [0.15, 0.2) is 0 Å². The minimum absolute atomic E-state index is 0. The second-order valence-corrected chi connectivity index (χ2v) is 5.87. The van der Waals surface area contributed by atoms with E-state index in [0.717, 1.165) is 19.5 Å². The largest absolute Gasteiger partial charge is 0.342 e. The van der Waals surface area contributed by atoms with Gasteiger partial charge in [-0.15, -0.1) is 12.4 Å². The molecule has 0 aromatic heterocycles. The lowest BCUT2D eigenvalue weighted by molar-refractivity contribution is -0.135. The summed E-state index contributed by atoms with van der Waals surface area (Å²) in [7, 11) is 0. The van der Waals surface area contributed by atoms with Gasteiger partial charge in [-0.2, -0.15) is 0 Å². The van der Waals surface area contributed by atoms with E-state index in [4.69, 9.17) is 5.73 Å². The van der Waals surface area contributed by atoms with Crippen molar-refractivity contribution < 1.29 is 4.79 Å². The first-order chi connectivity index (χ1) is 8.26. The monoisotopic (exact) mass is 274 g/mol. The molecule has 106 valence electrons. The lowest BCUT2D eigenvalue weighted by Gasteiger charge is -2.45. The molecular weight excluding hydrogens is 248 g/mol. The Kier molecular flexibility index (Phi) is 6.44. The smallest absolute Gasteiger partial charge is 0.222 e. The molecule has 0 bridgehead atoms.